The van der Waals surface area contributed by atoms with Gasteiger partial charge in [-0.05, 0) is 18.8 Å². The minimum Gasteiger partial charge on any atom is -0.0942 e. The fourth-order valence-electron chi connectivity index (χ4n) is 2.67. The van der Waals surface area contributed by atoms with Gasteiger partial charge in [0, 0.05) is 17.4 Å². The molecule has 134 valence electrons. The van der Waals surface area contributed by atoms with E-state index < -0.39 is 3.79 Å². The van der Waals surface area contributed by atoms with E-state index in [1.165, 1.54) is 57.8 Å². The van der Waals surface area contributed by atoms with Crippen molar-refractivity contribution >= 4 is 56.4 Å². The van der Waals surface area contributed by atoms with Crippen LogP contribution in [-0.4, -0.2) is 14.8 Å². The summed E-state index contributed by atoms with van der Waals surface area (Å²) in [5.41, 5.74) is 0. The van der Waals surface area contributed by atoms with Crippen LogP contribution >= 0.6 is 56.4 Å². The van der Waals surface area contributed by atoms with Crippen molar-refractivity contribution in [3.63, 3.8) is 0 Å². The van der Waals surface area contributed by atoms with Gasteiger partial charge in [0.15, 0.2) is 3.79 Å². The molecule has 0 fully saturated rings. The molecule has 0 radical (unpaired) electrons. The van der Waals surface area contributed by atoms with Gasteiger partial charge in [0.05, 0.1) is 0 Å². The van der Waals surface area contributed by atoms with Crippen LogP contribution in [0.1, 0.15) is 85.0 Å². The third-order valence-corrected chi connectivity index (χ3v) is 7.37. The summed E-state index contributed by atoms with van der Waals surface area (Å²) in [7, 11) is 3.85. The zero-order valence-electron chi connectivity index (χ0n) is 14.4. The Bertz CT molecular complexity index is 245. The molecule has 0 bridgehead atoms. The quantitative estimate of drug-likeness (QED) is 0.160. The predicted octanol–water partition coefficient (Wildman–Crippen LogP) is 8.68. The van der Waals surface area contributed by atoms with Crippen LogP contribution in [0.4, 0.5) is 0 Å². The first-order valence-corrected chi connectivity index (χ1v) is 12.3. The van der Waals surface area contributed by atoms with Crippen molar-refractivity contribution in [2.24, 2.45) is 5.92 Å². The van der Waals surface area contributed by atoms with Gasteiger partial charge >= 0.3 is 0 Å². The molecule has 0 spiro atoms. The summed E-state index contributed by atoms with van der Waals surface area (Å²) >= 11 is 18.3. The Kier molecular flexibility index (Phi) is 15.9. The highest BCUT2D eigenvalue weighted by molar-refractivity contribution is 8.76. The van der Waals surface area contributed by atoms with Gasteiger partial charge in [0.1, 0.15) is 0 Å². The second-order valence-electron chi connectivity index (χ2n) is 5.97. The monoisotopic (exact) mass is 406 g/mol. The van der Waals surface area contributed by atoms with Crippen LogP contribution in [0, 0.1) is 5.92 Å². The minimum absolute atomic E-state index is 0.455. The maximum Gasteiger partial charge on any atom is 0.191 e. The second-order valence-corrected chi connectivity index (χ2v) is 11.4. The number of hydrogen-bond donors (Lipinski definition) is 0. The normalized spacial score (nSPS) is 15.0. The molecular weight excluding hydrogens is 375 g/mol. The number of halogens is 3. The van der Waals surface area contributed by atoms with Crippen LogP contribution in [0.25, 0.3) is 0 Å². The van der Waals surface area contributed by atoms with E-state index in [9.17, 15) is 0 Å². The fraction of sp³-hybridized carbons (Fsp3) is 1.00. The molecule has 0 saturated heterocycles. The number of hydrogen-bond acceptors (Lipinski definition) is 2. The molecule has 2 atom stereocenters. The van der Waals surface area contributed by atoms with Crippen LogP contribution in [-0.2, 0) is 0 Å². The average Bonchev–Trinajstić information content (AvgIpc) is 2.45. The van der Waals surface area contributed by atoms with Gasteiger partial charge in [0.2, 0.25) is 0 Å². The van der Waals surface area contributed by atoms with Gasteiger partial charge in [-0.1, -0.05) is 122 Å². The smallest absolute Gasteiger partial charge is 0.0942 e. The Morgan fingerprint density at radius 1 is 0.818 bits per heavy atom. The number of unbranched alkanes of at least 4 members (excludes halogenated alkanes) is 5. The van der Waals surface area contributed by atoms with E-state index in [-0.39, 0.29) is 0 Å². The standard InChI is InChI=1S/C17H33Cl3S2/c1-4-7-9-11-13-15(12-10-8-5-2)16(22-21-6-3)14-17(18,19)20/h15-16H,4-14H2,1-3H3/t15?,16-/m0/s1. The van der Waals surface area contributed by atoms with E-state index in [2.05, 4.69) is 20.8 Å². The van der Waals surface area contributed by atoms with Crippen LogP contribution < -0.4 is 0 Å². The Morgan fingerprint density at radius 2 is 1.36 bits per heavy atom. The van der Waals surface area contributed by atoms with Crippen LogP contribution in [0.15, 0.2) is 0 Å². The molecule has 0 aliphatic heterocycles. The summed E-state index contributed by atoms with van der Waals surface area (Å²) in [6.45, 7) is 6.71. The molecule has 5 heteroatoms. The topological polar surface area (TPSA) is 0 Å². The SMILES string of the molecule is CCCCCCC(CCCCC)[C@H](CC(Cl)(Cl)Cl)SSCC. The van der Waals surface area contributed by atoms with E-state index in [1.807, 2.05) is 21.6 Å². The lowest BCUT2D eigenvalue weighted by Gasteiger charge is -2.29. The van der Waals surface area contributed by atoms with Crippen molar-refractivity contribution in [1.29, 1.82) is 0 Å². The van der Waals surface area contributed by atoms with Crippen molar-refractivity contribution < 1.29 is 0 Å². The zero-order valence-corrected chi connectivity index (χ0v) is 18.3. The van der Waals surface area contributed by atoms with Crippen LogP contribution in [0.2, 0.25) is 0 Å². The molecule has 1 unspecified atom stereocenters. The molecule has 0 aliphatic carbocycles. The highest BCUT2D eigenvalue weighted by atomic mass is 35.6. The fourth-order valence-corrected chi connectivity index (χ4v) is 6.11. The summed E-state index contributed by atoms with van der Waals surface area (Å²) in [5.74, 6) is 1.79. The minimum atomic E-state index is -1.13. The van der Waals surface area contributed by atoms with Gasteiger partial charge in [-0.3, -0.25) is 0 Å². The Morgan fingerprint density at radius 3 is 1.86 bits per heavy atom. The first kappa shape index (κ1) is 23.6. The molecule has 0 aliphatic rings. The first-order chi connectivity index (χ1) is 10.4. The molecule has 0 nitrogen and oxygen atoms in total. The molecular formula is C17H33Cl3S2. The van der Waals surface area contributed by atoms with Crippen molar-refractivity contribution in [1.82, 2.24) is 0 Å². The third-order valence-electron chi connectivity index (χ3n) is 3.87. The van der Waals surface area contributed by atoms with E-state index in [1.54, 1.807) is 0 Å². The molecule has 0 aromatic carbocycles. The number of alkyl halides is 3. The molecule has 0 saturated carbocycles. The Hall–Kier alpha value is 1.57. The van der Waals surface area contributed by atoms with E-state index in [0.717, 1.165) is 5.75 Å². The van der Waals surface area contributed by atoms with Crippen LogP contribution in [0.5, 0.6) is 0 Å². The molecule has 0 N–H and O–H groups in total. The maximum absolute atomic E-state index is 6.10. The highest BCUT2D eigenvalue weighted by Gasteiger charge is 2.31. The summed E-state index contributed by atoms with van der Waals surface area (Å²) in [6, 6.07) is 0. The maximum atomic E-state index is 6.10. The van der Waals surface area contributed by atoms with E-state index in [4.69, 9.17) is 34.8 Å². The molecule has 0 aromatic rings. The molecule has 22 heavy (non-hydrogen) atoms. The van der Waals surface area contributed by atoms with Crippen molar-refractivity contribution in [3.05, 3.63) is 0 Å². The van der Waals surface area contributed by atoms with Crippen molar-refractivity contribution in [3.8, 4) is 0 Å². The van der Waals surface area contributed by atoms with Crippen LogP contribution in [0.3, 0.4) is 0 Å². The zero-order chi connectivity index (χ0) is 16.8. The van der Waals surface area contributed by atoms with E-state index in [0.29, 0.717) is 17.6 Å². The lowest BCUT2D eigenvalue weighted by atomic mass is 9.90. The largest absolute Gasteiger partial charge is 0.191 e. The lowest BCUT2D eigenvalue weighted by molar-refractivity contribution is 0.388. The van der Waals surface area contributed by atoms with Crippen molar-refractivity contribution in [2.75, 3.05) is 5.75 Å². The average molecular weight is 408 g/mol. The molecule has 0 rings (SSSR count). The summed E-state index contributed by atoms with van der Waals surface area (Å²) in [6.07, 6.45) is 12.4. The van der Waals surface area contributed by atoms with Crippen molar-refractivity contribution in [2.45, 2.75) is 94.0 Å². The predicted molar refractivity (Wildman–Crippen MR) is 111 cm³/mol. The van der Waals surface area contributed by atoms with Gasteiger partial charge in [-0.25, -0.2) is 0 Å². The number of rotatable bonds is 14. The van der Waals surface area contributed by atoms with Gasteiger partial charge in [-0.2, -0.15) is 0 Å². The second kappa shape index (κ2) is 14.9. The first-order valence-electron chi connectivity index (χ1n) is 8.79. The lowest BCUT2D eigenvalue weighted by Crippen LogP contribution is -2.23. The molecule has 0 aromatic heterocycles. The molecule has 0 amide bonds. The van der Waals surface area contributed by atoms with Gasteiger partial charge < -0.3 is 0 Å². The van der Waals surface area contributed by atoms with E-state index >= 15 is 0 Å². The Balaban J connectivity index is 4.59. The summed E-state index contributed by atoms with van der Waals surface area (Å²) < 4.78 is -1.13. The summed E-state index contributed by atoms with van der Waals surface area (Å²) in [4.78, 5) is 0. The third kappa shape index (κ3) is 14.0. The van der Waals surface area contributed by atoms with Gasteiger partial charge in [0.25, 0.3) is 0 Å². The highest BCUT2D eigenvalue weighted by Crippen LogP contribution is 2.44. The molecule has 0 heterocycles. The Labute approximate surface area is 161 Å². The summed E-state index contributed by atoms with van der Waals surface area (Å²) in [5, 5.41) is 0.455. The van der Waals surface area contributed by atoms with Gasteiger partial charge in [-0.15, -0.1) is 0 Å².